The molecule has 0 radical (unpaired) electrons. The molecule has 12 heavy (non-hydrogen) atoms. The fourth-order valence-corrected chi connectivity index (χ4v) is 1.58. The number of nitrogens with zero attached hydrogens (tertiary/aromatic N) is 2. The third-order valence-corrected chi connectivity index (χ3v) is 2.29. The molecule has 0 aliphatic carbocycles. The maximum Gasteiger partial charge on any atom is 0.287 e. The number of hydrogen-bond acceptors (Lipinski definition) is 4. The molecule has 1 atom stereocenters. The van der Waals surface area contributed by atoms with E-state index in [4.69, 9.17) is 9.84 Å². The summed E-state index contributed by atoms with van der Waals surface area (Å²) in [5, 5.41) is 8.82. The minimum absolute atomic E-state index is 0.0272. The highest BCUT2D eigenvalue weighted by atomic mass is 16.5. The third kappa shape index (κ3) is 1.39. The first kappa shape index (κ1) is 7.86. The molecule has 1 fully saturated rings. The highest BCUT2D eigenvalue weighted by Gasteiger charge is 2.24. The molecule has 68 valence electrons. The number of amidine groups is 1. The van der Waals surface area contributed by atoms with Crippen LogP contribution in [0.3, 0.4) is 0 Å². The molecule has 4 heteroatoms. The Bertz CT molecular complexity index is 187. The van der Waals surface area contributed by atoms with Crippen LogP contribution in [-0.4, -0.2) is 48.4 Å². The molecule has 2 aliphatic heterocycles. The van der Waals surface area contributed by atoms with Crippen molar-refractivity contribution in [1.29, 1.82) is 0 Å². The molecule has 0 amide bonds. The largest absolute Gasteiger partial charge is 0.463 e. The lowest BCUT2D eigenvalue weighted by Crippen LogP contribution is -2.27. The predicted molar refractivity (Wildman–Crippen MR) is 45.1 cm³/mol. The number of hydrogen-bond donors (Lipinski definition) is 1. The fourth-order valence-electron chi connectivity index (χ4n) is 1.58. The first-order valence-corrected chi connectivity index (χ1v) is 4.46. The zero-order valence-electron chi connectivity index (χ0n) is 7.07. The second-order valence-corrected chi connectivity index (χ2v) is 3.25. The highest BCUT2D eigenvalue weighted by molar-refractivity contribution is 5.75. The molecule has 0 aromatic heterocycles. The second kappa shape index (κ2) is 3.31. The van der Waals surface area contributed by atoms with Crippen molar-refractivity contribution in [2.75, 3.05) is 26.3 Å². The average Bonchev–Trinajstić information content (AvgIpc) is 2.75. The molecule has 2 heterocycles. The Kier molecular flexibility index (Phi) is 2.17. The van der Waals surface area contributed by atoms with Crippen molar-refractivity contribution < 1.29 is 9.84 Å². The number of ether oxygens (including phenoxy) is 1. The number of likely N-dealkylation sites (tertiary alicyclic amines) is 1. The van der Waals surface area contributed by atoms with E-state index in [1.54, 1.807) is 0 Å². The summed E-state index contributed by atoms with van der Waals surface area (Å²) in [5.41, 5.74) is 0. The summed E-state index contributed by atoms with van der Waals surface area (Å²) in [5.74, 6) is 0. The molecule has 2 rings (SSSR count). The van der Waals surface area contributed by atoms with E-state index in [9.17, 15) is 0 Å². The predicted octanol–water partition coefficient (Wildman–Crippen LogP) is -0.171. The van der Waals surface area contributed by atoms with E-state index in [0.717, 1.165) is 19.1 Å². The first-order valence-electron chi connectivity index (χ1n) is 4.46. The van der Waals surface area contributed by atoms with Crippen molar-refractivity contribution in [2.45, 2.75) is 18.9 Å². The lowest BCUT2D eigenvalue weighted by molar-refractivity contribution is 0.215. The quantitative estimate of drug-likeness (QED) is 0.594. The van der Waals surface area contributed by atoms with E-state index in [1.165, 1.54) is 12.8 Å². The third-order valence-electron chi connectivity index (χ3n) is 2.29. The fraction of sp³-hybridized carbons (Fsp3) is 0.875. The van der Waals surface area contributed by atoms with Crippen LogP contribution in [0, 0.1) is 0 Å². The normalized spacial score (nSPS) is 28.9. The van der Waals surface area contributed by atoms with E-state index in [-0.39, 0.29) is 12.6 Å². The smallest absolute Gasteiger partial charge is 0.287 e. The Balaban J connectivity index is 1.95. The summed E-state index contributed by atoms with van der Waals surface area (Å²) >= 11 is 0. The van der Waals surface area contributed by atoms with Crippen LogP contribution in [0.25, 0.3) is 0 Å². The molecule has 1 N–H and O–H groups in total. The van der Waals surface area contributed by atoms with E-state index >= 15 is 0 Å². The number of aliphatic hydroxyl groups is 1. The van der Waals surface area contributed by atoms with Gasteiger partial charge in [-0.3, -0.25) is 0 Å². The van der Waals surface area contributed by atoms with E-state index in [0.29, 0.717) is 6.61 Å². The Morgan fingerprint density at radius 1 is 1.50 bits per heavy atom. The molecule has 0 saturated carbocycles. The van der Waals surface area contributed by atoms with Gasteiger partial charge >= 0.3 is 0 Å². The van der Waals surface area contributed by atoms with Crippen LogP contribution in [0.1, 0.15) is 12.8 Å². The summed E-state index contributed by atoms with van der Waals surface area (Å²) in [6.45, 7) is 2.74. The SMILES string of the molecule is OCC1COC(N2CCCC2)=N1. The van der Waals surface area contributed by atoms with Crippen LogP contribution >= 0.6 is 0 Å². The molecule has 0 spiro atoms. The monoisotopic (exact) mass is 170 g/mol. The summed E-state index contributed by atoms with van der Waals surface area (Å²) in [7, 11) is 0. The van der Waals surface area contributed by atoms with E-state index in [2.05, 4.69) is 9.89 Å². The molecule has 1 saturated heterocycles. The zero-order chi connectivity index (χ0) is 8.39. The first-order chi connectivity index (χ1) is 5.90. The van der Waals surface area contributed by atoms with Gasteiger partial charge in [-0.25, -0.2) is 4.99 Å². The topological polar surface area (TPSA) is 45.1 Å². The van der Waals surface area contributed by atoms with Gasteiger partial charge in [0, 0.05) is 13.1 Å². The molecule has 4 nitrogen and oxygen atoms in total. The van der Waals surface area contributed by atoms with Crippen LogP contribution in [0.4, 0.5) is 0 Å². The summed E-state index contributed by atoms with van der Waals surface area (Å²) in [4.78, 5) is 6.41. The van der Waals surface area contributed by atoms with Gasteiger partial charge in [0.1, 0.15) is 12.6 Å². The maximum absolute atomic E-state index is 8.82. The van der Waals surface area contributed by atoms with Crippen molar-refractivity contribution in [1.82, 2.24) is 4.90 Å². The lowest BCUT2D eigenvalue weighted by Gasteiger charge is -2.14. The zero-order valence-corrected chi connectivity index (χ0v) is 7.07. The van der Waals surface area contributed by atoms with Gasteiger partial charge in [0.25, 0.3) is 6.02 Å². The highest BCUT2D eigenvalue weighted by Crippen LogP contribution is 2.13. The number of aliphatic hydroxyl groups excluding tert-OH is 1. The lowest BCUT2D eigenvalue weighted by atomic mass is 10.4. The standard InChI is InChI=1S/C8H14N2O2/c11-5-7-6-12-8(9-7)10-3-1-2-4-10/h7,11H,1-6H2. The van der Waals surface area contributed by atoms with Crippen molar-refractivity contribution >= 4 is 6.02 Å². The van der Waals surface area contributed by atoms with Gasteiger partial charge in [-0.1, -0.05) is 0 Å². The summed E-state index contributed by atoms with van der Waals surface area (Å²) in [6.07, 6.45) is 2.46. The molecule has 2 aliphatic rings. The van der Waals surface area contributed by atoms with Gasteiger partial charge in [0.15, 0.2) is 0 Å². The Morgan fingerprint density at radius 3 is 2.83 bits per heavy atom. The average molecular weight is 170 g/mol. The molecule has 0 bridgehead atoms. The van der Waals surface area contributed by atoms with Crippen LogP contribution < -0.4 is 0 Å². The van der Waals surface area contributed by atoms with Gasteiger partial charge in [-0.05, 0) is 12.8 Å². The van der Waals surface area contributed by atoms with Crippen LogP contribution in [0.5, 0.6) is 0 Å². The van der Waals surface area contributed by atoms with Crippen LogP contribution in [-0.2, 0) is 4.74 Å². The van der Waals surface area contributed by atoms with Gasteiger partial charge in [-0.2, -0.15) is 0 Å². The van der Waals surface area contributed by atoms with Crippen molar-refractivity contribution in [3.63, 3.8) is 0 Å². The second-order valence-electron chi connectivity index (χ2n) is 3.25. The number of aliphatic imine (C=N–C) groups is 1. The molecule has 0 aromatic rings. The van der Waals surface area contributed by atoms with Gasteiger partial charge in [-0.15, -0.1) is 0 Å². The van der Waals surface area contributed by atoms with Gasteiger partial charge in [0.2, 0.25) is 0 Å². The van der Waals surface area contributed by atoms with Gasteiger partial charge < -0.3 is 14.7 Å². The van der Waals surface area contributed by atoms with Crippen LogP contribution in [0.15, 0.2) is 4.99 Å². The Morgan fingerprint density at radius 2 is 2.25 bits per heavy atom. The minimum atomic E-state index is -0.0272. The maximum atomic E-state index is 8.82. The summed E-state index contributed by atoms with van der Waals surface area (Å²) in [6, 6.07) is 0.715. The van der Waals surface area contributed by atoms with Crippen molar-refractivity contribution in [2.24, 2.45) is 4.99 Å². The Labute approximate surface area is 71.8 Å². The number of rotatable bonds is 1. The van der Waals surface area contributed by atoms with Crippen LogP contribution in [0.2, 0.25) is 0 Å². The van der Waals surface area contributed by atoms with E-state index in [1.807, 2.05) is 0 Å². The molecule has 0 aromatic carbocycles. The molecular weight excluding hydrogens is 156 g/mol. The molecule has 1 unspecified atom stereocenters. The summed E-state index contributed by atoms with van der Waals surface area (Å²) < 4.78 is 5.36. The minimum Gasteiger partial charge on any atom is -0.463 e. The van der Waals surface area contributed by atoms with Crippen molar-refractivity contribution in [3.05, 3.63) is 0 Å². The van der Waals surface area contributed by atoms with Gasteiger partial charge in [0.05, 0.1) is 6.61 Å². The van der Waals surface area contributed by atoms with Crippen molar-refractivity contribution in [3.8, 4) is 0 Å². The van der Waals surface area contributed by atoms with E-state index < -0.39 is 0 Å². The Hall–Kier alpha value is -0.770. The molecular formula is C8H14N2O2.